The molecular weight excluding hydrogens is 242 g/mol. The minimum Gasteiger partial charge on any atom is -0.329 e. The first kappa shape index (κ1) is 9.98. The summed E-state index contributed by atoms with van der Waals surface area (Å²) in [4.78, 5) is 17.7. The lowest BCUT2D eigenvalue weighted by atomic mass is 10.2. The fourth-order valence-corrected chi connectivity index (χ4v) is 1.76. The first-order chi connectivity index (χ1) is 8.25. The monoisotopic (exact) mass is 247 g/mol. The molecule has 3 rings (SSSR count). The fraction of sp³-hybridized carbons (Fsp3) is 0. The van der Waals surface area contributed by atoms with Gasteiger partial charge in [0.05, 0.1) is 0 Å². The summed E-state index contributed by atoms with van der Waals surface area (Å²) < 4.78 is 1.68. The van der Waals surface area contributed by atoms with Crippen LogP contribution in [0.25, 0.3) is 17.0 Å². The second kappa shape index (κ2) is 3.67. The quantitative estimate of drug-likeness (QED) is 0.699. The number of pyridine rings is 1. The van der Waals surface area contributed by atoms with Crippen molar-refractivity contribution in [3.05, 3.63) is 46.2 Å². The maximum absolute atomic E-state index is 11.2. The molecule has 0 aromatic carbocycles. The Morgan fingerprint density at radius 3 is 3.06 bits per heavy atom. The van der Waals surface area contributed by atoms with E-state index in [-0.39, 0.29) is 10.7 Å². The summed E-state index contributed by atoms with van der Waals surface area (Å²) in [5.74, 6) is 0.551. The predicted molar refractivity (Wildman–Crippen MR) is 61.8 cm³/mol. The minimum absolute atomic E-state index is 0.195. The molecule has 3 heterocycles. The van der Waals surface area contributed by atoms with Gasteiger partial charge in [-0.15, -0.1) is 10.2 Å². The van der Waals surface area contributed by atoms with E-state index < -0.39 is 0 Å². The third kappa shape index (κ3) is 1.58. The van der Waals surface area contributed by atoms with Crippen LogP contribution in [0.4, 0.5) is 0 Å². The molecule has 17 heavy (non-hydrogen) atoms. The van der Waals surface area contributed by atoms with E-state index in [0.29, 0.717) is 17.0 Å². The molecule has 84 valence electrons. The summed E-state index contributed by atoms with van der Waals surface area (Å²) in [5, 5.41) is 8.21. The number of fused-ring (bicyclic) bond motifs is 1. The molecule has 3 aromatic heterocycles. The first-order valence-electron chi connectivity index (χ1n) is 4.80. The van der Waals surface area contributed by atoms with E-state index in [1.54, 1.807) is 29.1 Å². The molecule has 0 saturated heterocycles. The third-order valence-electron chi connectivity index (χ3n) is 2.32. The van der Waals surface area contributed by atoms with Crippen LogP contribution in [0.5, 0.6) is 0 Å². The molecule has 0 spiro atoms. The number of nitrogens with one attached hydrogen (secondary N) is 1. The van der Waals surface area contributed by atoms with Crippen molar-refractivity contribution >= 4 is 17.2 Å². The number of halogens is 1. The maximum Gasteiger partial charge on any atom is 0.248 e. The molecule has 0 fully saturated rings. The number of hydrogen-bond acceptors (Lipinski definition) is 4. The molecule has 6 nitrogen and oxygen atoms in total. The molecule has 0 aliphatic rings. The zero-order chi connectivity index (χ0) is 11.8. The van der Waals surface area contributed by atoms with Crippen LogP contribution in [0, 0.1) is 0 Å². The molecule has 0 atom stereocenters. The van der Waals surface area contributed by atoms with Crippen molar-refractivity contribution < 1.29 is 0 Å². The summed E-state index contributed by atoms with van der Waals surface area (Å²) in [5.41, 5.74) is 0.937. The lowest BCUT2D eigenvalue weighted by Crippen LogP contribution is -2.03. The molecule has 0 aliphatic carbocycles. The molecule has 0 bridgehead atoms. The molecule has 0 aliphatic heterocycles. The van der Waals surface area contributed by atoms with Gasteiger partial charge >= 0.3 is 0 Å². The number of nitrogens with zero attached hydrogens (tertiary/aromatic N) is 4. The van der Waals surface area contributed by atoms with Gasteiger partial charge in [0.1, 0.15) is 0 Å². The van der Waals surface area contributed by atoms with Crippen LogP contribution < -0.4 is 5.56 Å². The van der Waals surface area contributed by atoms with E-state index in [0.717, 1.165) is 0 Å². The van der Waals surface area contributed by atoms with Crippen molar-refractivity contribution in [3.63, 3.8) is 0 Å². The topological polar surface area (TPSA) is 75.9 Å². The largest absolute Gasteiger partial charge is 0.329 e. The van der Waals surface area contributed by atoms with E-state index in [1.165, 1.54) is 6.07 Å². The molecule has 0 radical (unpaired) electrons. The van der Waals surface area contributed by atoms with E-state index in [1.807, 2.05) is 0 Å². The molecule has 1 N–H and O–H groups in total. The number of aromatic amines is 1. The van der Waals surface area contributed by atoms with Crippen molar-refractivity contribution in [2.45, 2.75) is 0 Å². The van der Waals surface area contributed by atoms with Gasteiger partial charge in [0.25, 0.3) is 0 Å². The summed E-state index contributed by atoms with van der Waals surface area (Å²) in [6, 6.07) is 3.19. The molecular formula is C10H6ClN5O. The summed E-state index contributed by atoms with van der Waals surface area (Å²) in [6.45, 7) is 0. The summed E-state index contributed by atoms with van der Waals surface area (Å²) in [7, 11) is 0. The lowest BCUT2D eigenvalue weighted by Gasteiger charge is -1.98. The van der Waals surface area contributed by atoms with Crippen molar-refractivity contribution in [2.24, 2.45) is 0 Å². The van der Waals surface area contributed by atoms with Gasteiger partial charge in [-0.05, 0) is 6.07 Å². The maximum atomic E-state index is 11.2. The van der Waals surface area contributed by atoms with Crippen molar-refractivity contribution in [2.75, 3.05) is 0 Å². The molecule has 3 aromatic rings. The molecule has 0 unspecified atom stereocenters. The summed E-state index contributed by atoms with van der Waals surface area (Å²) >= 11 is 5.89. The van der Waals surface area contributed by atoms with Crippen molar-refractivity contribution in [1.82, 2.24) is 24.6 Å². The van der Waals surface area contributed by atoms with Crippen molar-refractivity contribution in [3.8, 4) is 11.4 Å². The number of aromatic nitrogens is 5. The van der Waals surface area contributed by atoms with Gasteiger partial charge in [-0.3, -0.25) is 9.20 Å². The Balaban J connectivity index is 2.32. The second-order valence-electron chi connectivity index (χ2n) is 3.38. The number of H-pyrrole nitrogens is 1. The second-order valence-corrected chi connectivity index (χ2v) is 3.73. The molecule has 0 amide bonds. The highest BCUT2D eigenvalue weighted by Crippen LogP contribution is 2.19. The Labute approximate surface area is 99.9 Å². The molecule has 0 saturated carbocycles. The van der Waals surface area contributed by atoms with Crippen LogP contribution in [-0.4, -0.2) is 24.6 Å². The average molecular weight is 248 g/mol. The van der Waals surface area contributed by atoms with Crippen LogP contribution >= 0.6 is 11.6 Å². The number of rotatable bonds is 1. The lowest BCUT2D eigenvalue weighted by molar-refractivity contribution is 1.10. The minimum atomic E-state index is -0.195. The highest BCUT2D eigenvalue weighted by molar-refractivity contribution is 6.32. The van der Waals surface area contributed by atoms with Gasteiger partial charge in [-0.1, -0.05) is 11.6 Å². The zero-order valence-corrected chi connectivity index (χ0v) is 9.22. The normalized spacial score (nSPS) is 10.9. The first-order valence-corrected chi connectivity index (χ1v) is 5.18. The Bertz CT molecular complexity index is 748. The Hall–Kier alpha value is -2.21. The average Bonchev–Trinajstić information content (AvgIpc) is 2.74. The van der Waals surface area contributed by atoms with Crippen LogP contribution in [0.3, 0.4) is 0 Å². The Morgan fingerprint density at radius 1 is 1.35 bits per heavy atom. The van der Waals surface area contributed by atoms with Gasteiger partial charge in [-0.25, -0.2) is 4.98 Å². The fourth-order valence-electron chi connectivity index (χ4n) is 1.58. The van der Waals surface area contributed by atoms with Crippen LogP contribution in [0.1, 0.15) is 0 Å². The van der Waals surface area contributed by atoms with Gasteiger partial charge in [0.2, 0.25) is 5.56 Å². The SMILES string of the molecule is O=c1cc(-c2nnc3c(Cl)nccn23)cc[nH]1. The van der Waals surface area contributed by atoms with Gasteiger partial charge in [0.15, 0.2) is 16.6 Å². The van der Waals surface area contributed by atoms with Crippen molar-refractivity contribution in [1.29, 1.82) is 0 Å². The van der Waals surface area contributed by atoms with Crippen LogP contribution in [0.15, 0.2) is 35.5 Å². The smallest absolute Gasteiger partial charge is 0.248 e. The van der Waals surface area contributed by atoms with Gasteiger partial charge in [-0.2, -0.15) is 0 Å². The van der Waals surface area contributed by atoms with E-state index in [4.69, 9.17) is 11.6 Å². The van der Waals surface area contributed by atoms with Crippen LogP contribution in [-0.2, 0) is 0 Å². The summed E-state index contributed by atoms with van der Waals surface area (Å²) in [6.07, 6.45) is 4.80. The highest BCUT2D eigenvalue weighted by Gasteiger charge is 2.10. The zero-order valence-electron chi connectivity index (χ0n) is 8.46. The van der Waals surface area contributed by atoms with Crippen LogP contribution in [0.2, 0.25) is 5.15 Å². The Kier molecular flexibility index (Phi) is 2.15. The molecule has 7 heteroatoms. The van der Waals surface area contributed by atoms with E-state index >= 15 is 0 Å². The van der Waals surface area contributed by atoms with Gasteiger partial charge < -0.3 is 4.98 Å². The standard InChI is InChI=1S/C10H6ClN5O/c11-8-10-15-14-9(16(10)4-3-13-8)6-1-2-12-7(17)5-6/h1-5H,(H,12,17). The van der Waals surface area contributed by atoms with E-state index in [2.05, 4.69) is 20.2 Å². The third-order valence-corrected chi connectivity index (χ3v) is 2.58. The predicted octanol–water partition coefficient (Wildman–Crippen LogP) is 1.13. The van der Waals surface area contributed by atoms with Gasteiger partial charge in [0, 0.05) is 30.2 Å². The Morgan fingerprint density at radius 2 is 2.24 bits per heavy atom. The van der Waals surface area contributed by atoms with E-state index in [9.17, 15) is 4.79 Å². The number of hydrogen-bond donors (Lipinski definition) is 1. The highest BCUT2D eigenvalue weighted by atomic mass is 35.5.